The average molecular weight is 405 g/mol. The van der Waals surface area contributed by atoms with Crippen LogP contribution in [0.15, 0.2) is 42.5 Å². The highest BCUT2D eigenvalue weighted by atomic mass is 32.2. The maximum absolute atomic E-state index is 12.7. The maximum atomic E-state index is 12.7. The number of nitrogens with one attached hydrogen (secondary N) is 3. The van der Waals surface area contributed by atoms with Crippen LogP contribution in [0.2, 0.25) is 0 Å². The number of sulfonamides is 1. The Balaban J connectivity index is 2.27. The highest BCUT2D eigenvalue weighted by Gasteiger charge is 2.16. The number of hydrogen-bond donors (Lipinski definition) is 3. The van der Waals surface area contributed by atoms with E-state index in [1.165, 1.54) is 25.1 Å². The van der Waals surface area contributed by atoms with Gasteiger partial charge in [0.15, 0.2) is 0 Å². The maximum Gasteiger partial charge on any atom is 0.253 e. The van der Waals surface area contributed by atoms with Crippen molar-refractivity contribution in [3.05, 3.63) is 59.2 Å². The highest BCUT2D eigenvalue weighted by molar-refractivity contribution is 7.92. The van der Waals surface area contributed by atoms with Gasteiger partial charge in [0.1, 0.15) is 0 Å². The van der Waals surface area contributed by atoms with E-state index < -0.39 is 15.9 Å². The van der Waals surface area contributed by atoms with Crippen molar-refractivity contribution in [2.75, 3.05) is 23.4 Å². The van der Waals surface area contributed by atoms with Gasteiger partial charge in [0.2, 0.25) is 15.9 Å². The summed E-state index contributed by atoms with van der Waals surface area (Å²) in [7, 11) is -1.99. The molecule has 8 nitrogen and oxygen atoms in total. The summed E-state index contributed by atoms with van der Waals surface area (Å²) in [4.78, 5) is 24.0. The third-order valence-electron chi connectivity index (χ3n) is 3.74. The van der Waals surface area contributed by atoms with E-state index in [0.29, 0.717) is 12.3 Å². The summed E-state index contributed by atoms with van der Waals surface area (Å²) in [6.07, 6.45) is 0.997. The Morgan fingerprint density at radius 3 is 2.36 bits per heavy atom. The summed E-state index contributed by atoms with van der Waals surface area (Å²) in [5.74, 6) is -0.783. The Kier molecular flexibility index (Phi) is 7.13. The molecule has 0 aliphatic rings. The molecule has 0 spiro atoms. The fourth-order valence-electron chi connectivity index (χ4n) is 2.60. The van der Waals surface area contributed by atoms with E-state index in [2.05, 4.69) is 15.4 Å². The predicted octanol–water partition coefficient (Wildman–Crippen LogP) is 2.09. The zero-order valence-corrected chi connectivity index (χ0v) is 16.7. The zero-order valence-electron chi connectivity index (χ0n) is 15.9. The minimum atomic E-state index is -3.58. The molecule has 0 aliphatic carbocycles. The number of anilines is 2. The molecular weight excluding hydrogens is 382 g/mol. The van der Waals surface area contributed by atoms with Crippen LogP contribution in [0.5, 0.6) is 0 Å². The topological polar surface area (TPSA) is 114 Å². The number of rotatable bonds is 8. The number of methoxy groups -OCH3 is 1. The Labute approximate surface area is 164 Å². The summed E-state index contributed by atoms with van der Waals surface area (Å²) in [6, 6.07) is 11.9. The molecule has 150 valence electrons. The van der Waals surface area contributed by atoms with Gasteiger partial charge in [-0.1, -0.05) is 24.3 Å². The number of benzene rings is 2. The number of carbonyl (C=O) groups excluding carboxylic acids is 2. The van der Waals surface area contributed by atoms with Crippen molar-refractivity contribution >= 4 is 33.2 Å². The second-order valence-electron chi connectivity index (χ2n) is 6.20. The first-order valence-corrected chi connectivity index (χ1v) is 10.3. The molecule has 0 saturated carbocycles. The van der Waals surface area contributed by atoms with Crippen molar-refractivity contribution < 1.29 is 22.7 Å². The van der Waals surface area contributed by atoms with Crippen LogP contribution >= 0.6 is 0 Å². The molecule has 2 aromatic rings. The lowest BCUT2D eigenvalue weighted by atomic mass is 10.1. The van der Waals surface area contributed by atoms with Crippen LogP contribution in [0.1, 0.15) is 28.4 Å². The van der Waals surface area contributed by atoms with E-state index in [0.717, 1.165) is 17.4 Å². The quantitative estimate of drug-likeness (QED) is 0.622. The van der Waals surface area contributed by atoms with E-state index in [9.17, 15) is 18.0 Å². The first-order valence-electron chi connectivity index (χ1n) is 8.43. The molecule has 0 atom stereocenters. The van der Waals surface area contributed by atoms with E-state index in [-0.39, 0.29) is 23.7 Å². The standard InChI is InChI=1S/C19H23N3O5S/c1-13(23)21-16-8-9-18(22-28(3,25)26)17(10-16)19(24)20-11-14-6-4-5-7-15(14)12-27-2/h4-10,22H,11-12H2,1-3H3,(H,20,24)(H,21,23). The fourth-order valence-corrected chi connectivity index (χ4v) is 3.18. The molecule has 0 radical (unpaired) electrons. The third-order valence-corrected chi connectivity index (χ3v) is 4.33. The van der Waals surface area contributed by atoms with Crippen molar-refractivity contribution in [1.29, 1.82) is 0 Å². The van der Waals surface area contributed by atoms with Gasteiger partial charge >= 0.3 is 0 Å². The summed E-state index contributed by atoms with van der Waals surface area (Å²) >= 11 is 0. The monoisotopic (exact) mass is 405 g/mol. The molecule has 2 aromatic carbocycles. The van der Waals surface area contributed by atoms with E-state index in [4.69, 9.17) is 4.74 Å². The van der Waals surface area contributed by atoms with Gasteiger partial charge in [-0.2, -0.15) is 0 Å². The predicted molar refractivity (Wildman–Crippen MR) is 108 cm³/mol. The third kappa shape index (κ3) is 6.36. The molecule has 0 saturated heterocycles. The minimum Gasteiger partial charge on any atom is -0.380 e. The number of hydrogen-bond acceptors (Lipinski definition) is 5. The molecule has 9 heteroatoms. The molecule has 2 rings (SSSR count). The SMILES string of the molecule is COCc1ccccc1CNC(=O)c1cc(NC(C)=O)ccc1NS(C)(=O)=O. The lowest BCUT2D eigenvalue weighted by Gasteiger charge is -2.14. The first kappa shape index (κ1) is 21.4. The normalized spacial score (nSPS) is 11.0. The van der Waals surface area contributed by atoms with Gasteiger partial charge in [0.05, 0.1) is 24.1 Å². The highest BCUT2D eigenvalue weighted by Crippen LogP contribution is 2.22. The van der Waals surface area contributed by atoms with Gasteiger partial charge in [-0.25, -0.2) is 8.42 Å². The van der Waals surface area contributed by atoms with E-state index >= 15 is 0 Å². The van der Waals surface area contributed by atoms with Crippen molar-refractivity contribution in [3.63, 3.8) is 0 Å². The average Bonchev–Trinajstić information content (AvgIpc) is 2.60. The zero-order chi connectivity index (χ0) is 20.7. The van der Waals surface area contributed by atoms with Crippen LogP contribution < -0.4 is 15.4 Å². The summed E-state index contributed by atoms with van der Waals surface area (Å²) in [6.45, 7) is 1.99. The van der Waals surface area contributed by atoms with Crippen LogP contribution in [0.25, 0.3) is 0 Å². The van der Waals surface area contributed by atoms with Crippen LogP contribution in [-0.2, 0) is 32.7 Å². The van der Waals surface area contributed by atoms with E-state index in [1.807, 2.05) is 24.3 Å². The Hall–Kier alpha value is -2.91. The smallest absolute Gasteiger partial charge is 0.253 e. The van der Waals surface area contributed by atoms with Gasteiger partial charge in [-0.05, 0) is 29.3 Å². The Morgan fingerprint density at radius 2 is 1.75 bits per heavy atom. The molecule has 28 heavy (non-hydrogen) atoms. The van der Waals surface area contributed by atoms with Crippen molar-refractivity contribution in [2.45, 2.75) is 20.1 Å². The molecule has 0 fully saturated rings. The molecule has 3 N–H and O–H groups in total. The summed E-state index contributed by atoms with van der Waals surface area (Å²) in [5.41, 5.74) is 2.43. The fraction of sp³-hybridized carbons (Fsp3) is 0.263. The van der Waals surface area contributed by atoms with Crippen LogP contribution in [0, 0.1) is 0 Å². The van der Waals surface area contributed by atoms with Crippen molar-refractivity contribution in [1.82, 2.24) is 5.32 Å². The largest absolute Gasteiger partial charge is 0.380 e. The van der Waals surface area contributed by atoms with Gasteiger partial charge in [-0.3, -0.25) is 14.3 Å². The second kappa shape index (κ2) is 9.34. The lowest BCUT2D eigenvalue weighted by molar-refractivity contribution is -0.114. The van der Waals surface area contributed by atoms with Crippen LogP contribution in [-0.4, -0.2) is 33.6 Å². The van der Waals surface area contributed by atoms with Crippen LogP contribution in [0.4, 0.5) is 11.4 Å². The molecule has 0 heterocycles. The second-order valence-corrected chi connectivity index (χ2v) is 7.95. The Bertz CT molecular complexity index is 973. The summed E-state index contributed by atoms with van der Waals surface area (Å²) in [5, 5.41) is 5.36. The molecule has 0 bridgehead atoms. The van der Waals surface area contributed by atoms with Gasteiger partial charge in [0, 0.05) is 26.3 Å². The van der Waals surface area contributed by atoms with Gasteiger partial charge < -0.3 is 15.4 Å². The van der Waals surface area contributed by atoms with Gasteiger partial charge in [-0.15, -0.1) is 0 Å². The Morgan fingerprint density at radius 1 is 1.07 bits per heavy atom. The summed E-state index contributed by atoms with van der Waals surface area (Å²) < 4.78 is 30.7. The van der Waals surface area contributed by atoms with E-state index in [1.54, 1.807) is 7.11 Å². The number of amides is 2. The van der Waals surface area contributed by atoms with Crippen molar-refractivity contribution in [3.8, 4) is 0 Å². The minimum absolute atomic E-state index is 0.0981. The number of carbonyl (C=O) groups is 2. The first-order chi connectivity index (χ1) is 13.2. The number of ether oxygens (including phenoxy) is 1. The molecule has 0 unspecified atom stereocenters. The molecule has 0 aromatic heterocycles. The lowest BCUT2D eigenvalue weighted by Crippen LogP contribution is -2.25. The van der Waals surface area contributed by atoms with Crippen molar-refractivity contribution in [2.24, 2.45) is 0 Å². The molecular formula is C19H23N3O5S. The van der Waals surface area contributed by atoms with Gasteiger partial charge in [0.25, 0.3) is 5.91 Å². The molecule has 2 amide bonds. The molecule has 0 aliphatic heterocycles. The van der Waals surface area contributed by atoms with Crippen LogP contribution in [0.3, 0.4) is 0 Å².